The predicted molar refractivity (Wildman–Crippen MR) is 60.8 cm³/mol. The standard InChI is InChI=1S/C11H25O4P.2Cs/c1-2-3-4-5-6-7-8-9-10-11-15-16(12,13)14;;/h2-11H2,1H3,(H2,12,13,14);;/q;2*+1/p-2. The Morgan fingerprint density at radius 1 is 0.833 bits per heavy atom. The zero-order chi connectivity index (χ0) is 12.3. The van der Waals surface area contributed by atoms with Crippen LogP contribution in [0.2, 0.25) is 0 Å². The van der Waals surface area contributed by atoms with Crippen LogP contribution in [0.3, 0.4) is 0 Å². The maximum atomic E-state index is 10.1. The Kier molecular flexibility index (Phi) is 29.0. The van der Waals surface area contributed by atoms with Gasteiger partial charge in [-0.15, -0.1) is 0 Å². The van der Waals surface area contributed by atoms with Gasteiger partial charge in [0.15, 0.2) is 0 Å². The molecular formula is C11H23Cs2O4P. The van der Waals surface area contributed by atoms with Gasteiger partial charge in [-0.3, -0.25) is 0 Å². The second kappa shape index (κ2) is 19.3. The number of hydrogen-bond acceptors (Lipinski definition) is 4. The van der Waals surface area contributed by atoms with Crippen LogP contribution in [0.25, 0.3) is 0 Å². The van der Waals surface area contributed by atoms with E-state index >= 15 is 0 Å². The molecule has 0 N–H and O–H groups in total. The maximum absolute atomic E-state index is 10.1. The van der Waals surface area contributed by atoms with Crippen molar-refractivity contribution < 1.29 is 157 Å². The molecule has 0 amide bonds. The number of phosphoric acid groups is 1. The van der Waals surface area contributed by atoms with Crippen LogP contribution in [-0.2, 0) is 9.09 Å². The summed E-state index contributed by atoms with van der Waals surface area (Å²) in [6.45, 7) is 2.24. The van der Waals surface area contributed by atoms with Crippen molar-refractivity contribution in [2.75, 3.05) is 6.61 Å². The fourth-order valence-corrected chi connectivity index (χ4v) is 1.94. The molecule has 0 heterocycles. The largest absolute Gasteiger partial charge is 1.00 e. The third-order valence-electron chi connectivity index (χ3n) is 2.50. The van der Waals surface area contributed by atoms with Crippen LogP contribution >= 0.6 is 7.82 Å². The van der Waals surface area contributed by atoms with Crippen LogP contribution in [-0.4, -0.2) is 6.61 Å². The van der Waals surface area contributed by atoms with E-state index in [-0.39, 0.29) is 144 Å². The zero-order valence-electron chi connectivity index (χ0n) is 12.2. The normalized spacial score (nSPS) is 10.6. The van der Waals surface area contributed by atoms with E-state index in [0.29, 0.717) is 6.42 Å². The molecule has 0 aliphatic rings. The van der Waals surface area contributed by atoms with Gasteiger partial charge >= 0.3 is 138 Å². The fourth-order valence-electron chi connectivity index (χ4n) is 1.59. The summed E-state index contributed by atoms with van der Waals surface area (Å²) in [5, 5.41) is 0. The van der Waals surface area contributed by atoms with Gasteiger partial charge in [-0.1, -0.05) is 58.3 Å². The topological polar surface area (TPSA) is 72.4 Å². The minimum absolute atomic E-state index is 0. The van der Waals surface area contributed by atoms with Gasteiger partial charge in [-0.2, -0.15) is 0 Å². The summed E-state index contributed by atoms with van der Waals surface area (Å²) < 4.78 is 14.3. The monoisotopic (exact) mass is 516 g/mol. The van der Waals surface area contributed by atoms with Crippen LogP contribution < -0.4 is 148 Å². The third-order valence-corrected chi connectivity index (χ3v) is 3.00. The smallest absolute Gasteiger partial charge is 0.790 e. The number of unbranched alkanes of at least 4 members (excludes halogenated alkanes) is 8. The molecule has 7 heteroatoms. The first-order chi connectivity index (χ1) is 7.56. The minimum Gasteiger partial charge on any atom is -0.790 e. The van der Waals surface area contributed by atoms with Gasteiger partial charge in [-0.05, 0) is 6.42 Å². The maximum Gasteiger partial charge on any atom is 1.00 e. The summed E-state index contributed by atoms with van der Waals surface area (Å²) in [5.74, 6) is 0. The van der Waals surface area contributed by atoms with Gasteiger partial charge < -0.3 is 18.9 Å². The van der Waals surface area contributed by atoms with E-state index in [1.807, 2.05) is 0 Å². The molecule has 0 bridgehead atoms. The Bertz CT molecular complexity index is 199. The predicted octanol–water partition coefficient (Wildman–Crippen LogP) is -3.63. The van der Waals surface area contributed by atoms with E-state index in [0.717, 1.165) is 12.8 Å². The molecule has 0 spiro atoms. The van der Waals surface area contributed by atoms with Gasteiger partial charge in [-0.25, -0.2) is 0 Å². The molecule has 0 atom stereocenters. The van der Waals surface area contributed by atoms with E-state index in [9.17, 15) is 14.4 Å². The Hall–Kier alpha value is 4.21. The van der Waals surface area contributed by atoms with Gasteiger partial charge in [0.1, 0.15) is 0 Å². The molecule has 0 aliphatic carbocycles. The molecule has 0 unspecified atom stereocenters. The molecule has 18 heavy (non-hydrogen) atoms. The summed E-state index contributed by atoms with van der Waals surface area (Å²) in [4.78, 5) is 20.2. The van der Waals surface area contributed by atoms with Gasteiger partial charge in [0.05, 0.1) is 14.4 Å². The Balaban J connectivity index is -0.00000112. The van der Waals surface area contributed by atoms with Crippen molar-refractivity contribution in [1.82, 2.24) is 0 Å². The number of hydrogen-bond donors (Lipinski definition) is 0. The van der Waals surface area contributed by atoms with E-state index in [4.69, 9.17) is 0 Å². The van der Waals surface area contributed by atoms with E-state index in [1.165, 1.54) is 38.5 Å². The number of rotatable bonds is 11. The Labute approximate surface area is 229 Å². The Morgan fingerprint density at radius 2 is 1.22 bits per heavy atom. The minimum atomic E-state index is -4.74. The quantitative estimate of drug-likeness (QED) is 0.210. The average Bonchev–Trinajstić information content (AvgIpc) is 2.19. The fraction of sp³-hybridized carbons (Fsp3) is 1.00. The first-order valence-electron chi connectivity index (χ1n) is 6.23. The van der Waals surface area contributed by atoms with E-state index in [2.05, 4.69) is 11.4 Å². The zero-order valence-corrected chi connectivity index (χ0v) is 25.6. The van der Waals surface area contributed by atoms with Crippen LogP contribution in [0.15, 0.2) is 0 Å². The summed E-state index contributed by atoms with van der Waals surface area (Å²) >= 11 is 0. The molecule has 4 nitrogen and oxygen atoms in total. The molecule has 0 aromatic carbocycles. The van der Waals surface area contributed by atoms with Crippen molar-refractivity contribution in [2.24, 2.45) is 0 Å². The van der Waals surface area contributed by atoms with Crippen LogP contribution in [0.5, 0.6) is 0 Å². The van der Waals surface area contributed by atoms with Crippen LogP contribution in [0.1, 0.15) is 64.7 Å². The second-order valence-corrected chi connectivity index (χ2v) is 5.26. The second-order valence-electron chi connectivity index (χ2n) is 4.11. The molecule has 0 aromatic rings. The van der Waals surface area contributed by atoms with E-state index < -0.39 is 7.82 Å². The molecule has 0 fully saturated rings. The molecular weight excluding hydrogens is 493 g/mol. The average molecular weight is 516 g/mol. The SMILES string of the molecule is CCCCCCCCCCCOP(=O)([O-])[O-].[Cs+].[Cs+]. The van der Waals surface area contributed by atoms with Gasteiger partial charge in [0.2, 0.25) is 0 Å². The van der Waals surface area contributed by atoms with Crippen LogP contribution in [0, 0.1) is 0 Å². The van der Waals surface area contributed by atoms with Crippen molar-refractivity contribution in [1.29, 1.82) is 0 Å². The van der Waals surface area contributed by atoms with Crippen LogP contribution in [0.4, 0.5) is 0 Å². The molecule has 0 rings (SSSR count). The molecule has 0 saturated carbocycles. The summed E-state index contributed by atoms with van der Waals surface area (Å²) in [6.07, 6.45) is 10.3. The van der Waals surface area contributed by atoms with Crippen molar-refractivity contribution in [3.8, 4) is 0 Å². The van der Waals surface area contributed by atoms with Gasteiger partial charge in [0.25, 0.3) is 0 Å². The van der Waals surface area contributed by atoms with Gasteiger partial charge in [0, 0.05) is 0 Å². The number of phosphoric ester groups is 1. The molecule has 0 radical (unpaired) electrons. The Morgan fingerprint density at radius 3 is 1.61 bits per heavy atom. The van der Waals surface area contributed by atoms with Crippen molar-refractivity contribution in [3.63, 3.8) is 0 Å². The third kappa shape index (κ3) is 25.2. The molecule has 0 saturated heterocycles. The summed E-state index contributed by atoms with van der Waals surface area (Å²) in [7, 11) is -4.74. The van der Waals surface area contributed by atoms with E-state index in [1.54, 1.807) is 0 Å². The van der Waals surface area contributed by atoms with Crippen molar-refractivity contribution in [3.05, 3.63) is 0 Å². The first-order valence-corrected chi connectivity index (χ1v) is 7.69. The van der Waals surface area contributed by atoms with Crippen molar-refractivity contribution in [2.45, 2.75) is 64.7 Å². The molecule has 0 aromatic heterocycles. The molecule has 0 aliphatic heterocycles. The molecule has 98 valence electrons. The summed E-state index contributed by atoms with van der Waals surface area (Å²) in [5.41, 5.74) is 0. The summed E-state index contributed by atoms with van der Waals surface area (Å²) in [6, 6.07) is 0. The first kappa shape index (κ1) is 27.1. The van der Waals surface area contributed by atoms with Crippen molar-refractivity contribution >= 4 is 7.82 Å².